The molecule has 39 heavy (non-hydrogen) atoms. The second-order valence-electron chi connectivity index (χ2n) is 10.7. The number of benzene rings is 2. The zero-order valence-electron chi connectivity index (χ0n) is 22.2. The van der Waals surface area contributed by atoms with Gasteiger partial charge >= 0.3 is 5.97 Å². The molecule has 1 aliphatic carbocycles. The van der Waals surface area contributed by atoms with Crippen LogP contribution in [0.1, 0.15) is 48.6 Å². The van der Waals surface area contributed by atoms with Crippen LogP contribution in [0.3, 0.4) is 0 Å². The number of nitrogens with zero attached hydrogens (tertiary/aromatic N) is 5. The van der Waals surface area contributed by atoms with Gasteiger partial charge < -0.3 is 14.9 Å². The van der Waals surface area contributed by atoms with Crippen LogP contribution in [-0.2, 0) is 17.9 Å². The van der Waals surface area contributed by atoms with Gasteiger partial charge in [0, 0.05) is 22.7 Å². The molecule has 1 fully saturated rings. The largest absolute Gasteiger partial charge is 0.487 e. The Morgan fingerprint density at radius 2 is 1.87 bits per heavy atom. The Kier molecular flexibility index (Phi) is 6.90. The van der Waals surface area contributed by atoms with Crippen LogP contribution in [0.15, 0.2) is 48.7 Å². The second kappa shape index (κ2) is 10.2. The van der Waals surface area contributed by atoms with Crippen molar-refractivity contribution < 1.29 is 24.1 Å². The highest BCUT2D eigenvalue weighted by Crippen LogP contribution is 2.46. The van der Waals surface area contributed by atoms with Crippen molar-refractivity contribution >= 4 is 5.97 Å². The van der Waals surface area contributed by atoms with E-state index in [2.05, 4.69) is 20.4 Å². The van der Waals surface area contributed by atoms with Gasteiger partial charge in [-0.15, -0.1) is 10.2 Å². The lowest BCUT2D eigenvalue weighted by molar-refractivity contribution is -0.138. The molecule has 0 saturated heterocycles. The lowest BCUT2D eigenvalue weighted by atomic mass is 9.92. The number of halogens is 1. The number of hydrogen-bond acceptors (Lipinski definition) is 7. The quantitative estimate of drug-likeness (QED) is 0.319. The molecule has 2 heterocycles. The van der Waals surface area contributed by atoms with Gasteiger partial charge in [-0.25, -0.2) is 4.39 Å². The molecule has 2 atom stereocenters. The van der Waals surface area contributed by atoms with Crippen molar-refractivity contribution in [2.45, 2.75) is 58.8 Å². The Balaban J connectivity index is 1.32. The normalized spacial score (nSPS) is 16.8. The first-order valence-electron chi connectivity index (χ1n) is 12.7. The van der Waals surface area contributed by atoms with Crippen molar-refractivity contribution in [3.63, 3.8) is 0 Å². The van der Waals surface area contributed by atoms with Crippen molar-refractivity contribution in [3.05, 3.63) is 76.9 Å². The van der Waals surface area contributed by atoms with Crippen LogP contribution < -0.4 is 4.74 Å². The van der Waals surface area contributed by atoms with Crippen LogP contribution in [0, 0.1) is 25.6 Å². The molecule has 0 amide bonds. The summed E-state index contributed by atoms with van der Waals surface area (Å²) in [7, 11) is 0. The standard InChI is InChI=1S/C29H30FN5O4/c1-16-9-19(27-32-34-35(33-27)15-29(3,4)38)10-17(2)26(16)18-5-7-24(30)20(11-18)14-39-21-6-8-25(31-13-21)22-12-23(22)28(36)37/h5-11,13,22-23,38H,12,14-15H2,1-4H3,(H,36,37)/t22-,23-/m0/s1. The van der Waals surface area contributed by atoms with Gasteiger partial charge in [0.15, 0.2) is 0 Å². The van der Waals surface area contributed by atoms with Gasteiger partial charge in [0.05, 0.1) is 24.3 Å². The van der Waals surface area contributed by atoms with E-state index in [1.54, 1.807) is 44.3 Å². The average molecular weight is 532 g/mol. The van der Waals surface area contributed by atoms with Crippen LogP contribution in [0.4, 0.5) is 4.39 Å². The highest BCUT2D eigenvalue weighted by atomic mass is 19.1. The molecule has 0 aliphatic heterocycles. The number of rotatable bonds is 9. The monoisotopic (exact) mass is 531 g/mol. The molecule has 202 valence electrons. The van der Waals surface area contributed by atoms with Crippen molar-refractivity contribution in [3.8, 4) is 28.3 Å². The predicted octanol–water partition coefficient (Wildman–Crippen LogP) is 4.70. The molecule has 5 rings (SSSR count). The Bertz CT molecular complexity index is 1500. The van der Waals surface area contributed by atoms with Crippen LogP contribution in [0.25, 0.3) is 22.5 Å². The molecule has 0 radical (unpaired) electrons. The molecular weight excluding hydrogens is 501 g/mol. The van der Waals surface area contributed by atoms with E-state index < -0.39 is 11.6 Å². The topological polar surface area (TPSA) is 123 Å². The summed E-state index contributed by atoms with van der Waals surface area (Å²) in [6.07, 6.45) is 2.15. The molecule has 2 aromatic carbocycles. The maximum absolute atomic E-state index is 14.7. The van der Waals surface area contributed by atoms with E-state index in [1.807, 2.05) is 26.0 Å². The number of hydrogen-bond donors (Lipinski definition) is 2. The zero-order chi connectivity index (χ0) is 27.9. The highest BCUT2D eigenvalue weighted by molar-refractivity contribution is 5.76. The summed E-state index contributed by atoms with van der Waals surface area (Å²) in [6.45, 7) is 7.57. The number of tetrazole rings is 1. The number of carbonyl (C=O) groups is 1. The summed E-state index contributed by atoms with van der Waals surface area (Å²) in [5.41, 5.74) is 4.77. The number of aliphatic carboxylic acids is 1. The van der Waals surface area contributed by atoms with E-state index in [0.29, 0.717) is 23.6 Å². The van der Waals surface area contributed by atoms with Gasteiger partial charge in [0.1, 0.15) is 18.2 Å². The molecule has 2 N–H and O–H groups in total. The predicted molar refractivity (Wildman–Crippen MR) is 141 cm³/mol. The lowest BCUT2D eigenvalue weighted by Gasteiger charge is -2.15. The molecule has 10 heteroatoms. The van der Waals surface area contributed by atoms with Crippen molar-refractivity contribution in [2.75, 3.05) is 0 Å². The second-order valence-corrected chi connectivity index (χ2v) is 10.7. The number of carboxylic acids is 1. The SMILES string of the molecule is Cc1cc(-c2nnn(CC(C)(C)O)n2)cc(C)c1-c1ccc(F)c(COc2ccc([C@H]3C[C@@H]3C(=O)O)nc2)c1. The average Bonchev–Trinajstić information content (AvgIpc) is 3.55. The summed E-state index contributed by atoms with van der Waals surface area (Å²) in [4.78, 5) is 16.8. The molecular formula is C29H30FN5O4. The lowest BCUT2D eigenvalue weighted by Crippen LogP contribution is -2.27. The van der Waals surface area contributed by atoms with Gasteiger partial charge in [-0.3, -0.25) is 9.78 Å². The Hall–Kier alpha value is -4.18. The van der Waals surface area contributed by atoms with Gasteiger partial charge in [0.2, 0.25) is 5.82 Å². The van der Waals surface area contributed by atoms with Crippen LogP contribution in [0.5, 0.6) is 5.75 Å². The number of pyridine rings is 1. The van der Waals surface area contributed by atoms with E-state index in [4.69, 9.17) is 9.84 Å². The summed E-state index contributed by atoms with van der Waals surface area (Å²) < 4.78 is 20.5. The third-order valence-corrected chi connectivity index (χ3v) is 6.75. The summed E-state index contributed by atoms with van der Waals surface area (Å²) >= 11 is 0. The molecule has 0 bridgehead atoms. The molecule has 4 aromatic rings. The van der Waals surface area contributed by atoms with Crippen molar-refractivity contribution in [1.29, 1.82) is 0 Å². The van der Waals surface area contributed by atoms with E-state index in [0.717, 1.165) is 33.5 Å². The van der Waals surface area contributed by atoms with E-state index in [9.17, 15) is 14.3 Å². The van der Waals surface area contributed by atoms with Gasteiger partial charge in [-0.1, -0.05) is 6.07 Å². The smallest absolute Gasteiger partial charge is 0.307 e. The first-order chi connectivity index (χ1) is 18.5. The number of aliphatic hydroxyl groups is 1. The molecule has 1 aliphatic rings. The summed E-state index contributed by atoms with van der Waals surface area (Å²) in [5, 5.41) is 31.7. The maximum Gasteiger partial charge on any atom is 0.307 e. The van der Waals surface area contributed by atoms with E-state index >= 15 is 0 Å². The fourth-order valence-electron chi connectivity index (χ4n) is 4.81. The fraction of sp³-hybridized carbons (Fsp3) is 0.345. The third-order valence-electron chi connectivity index (χ3n) is 6.75. The minimum Gasteiger partial charge on any atom is -0.487 e. The first-order valence-corrected chi connectivity index (χ1v) is 12.7. The highest BCUT2D eigenvalue weighted by Gasteiger charge is 2.45. The van der Waals surface area contributed by atoms with Crippen LogP contribution in [0.2, 0.25) is 0 Å². The van der Waals surface area contributed by atoms with Gasteiger partial charge in [0.25, 0.3) is 0 Å². The Morgan fingerprint density at radius 1 is 1.13 bits per heavy atom. The Morgan fingerprint density at radius 3 is 2.49 bits per heavy atom. The minimum absolute atomic E-state index is 0.0201. The van der Waals surface area contributed by atoms with Crippen molar-refractivity contribution in [2.24, 2.45) is 5.92 Å². The van der Waals surface area contributed by atoms with E-state index in [-0.39, 0.29) is 30.8 Å². The fourth-order valence-corrected chi connectivity index (χ4v) is 4.81. The van der Waals surface area contributed by atoms with Gasteiger partial charge in [-0.2, -0.15) is 4.80 Å². The minimum atomic E-state index is -0.958. The number of ether oxygens (including phenoxy) is 1. The van der Waals surface area contributed by atoms with Gasteiger partial charge in [-0.05, 0) is 98.0 Å². The summed E-state index contributed by atoms with van der Waals surface area (Å²) in [5.74, 6) is -0.651. The first kappa shape index (κ1) is 26.4. The molecule has 0 spiro atoms. The van der Waals surface area contributed by atoms with Crippen LogP contribution in [-0.4, -0.2) is 47.0 Å². The molecule has 2 aromatic heterocycles. The number of carboxylic acid groups (broad SMARTS) is 1. The molecule has 0 unspecified atom stereocenters. The number of aromatic nitrogens is 5. The Labute approximate surface area is 225 Å². The summed E-state index contributed by atoms with van der Waals surface area (Å²) in [6, 6.07) is 12.4. The van der Waals surface area contributed by atoms with Crippen molar-refractivity contribution in [1.82, 2.24) is 25.2 Å². The zero-order valence-corrected chi connectivity index (χ0v) is 22.2. The van der Waals surface area contributed by atoms with Crippen LogP contribution >= 0.6 is 0 Å². The van der Waals surface area contributed by atoms with E-state index in [1.165, 1.54) is 10.9 Å². The molecule has 9 nitrogen and oxygen atoms in total. The maximum atomic E-state index is 14.7. The third kappa shape index (κ3) is 5.96. The molecule has 1 saturated carbocycles. The number of aryl methyl sites for hydroxylation is 2.